The standard InChI is InChI=1S/C34H32ClN3O5S/c1-4-31(34(42)37-28-18-24(35)15-13-21(28)2)44-27-12-8-11-25(19-27)36-33(41)29(38-32(40)22-9-6-5-7-10-22)17-23-14-16-26(39)20-30(23)43-3/h5-20,31,39H,4H2,1-3H3,(H,36,41)(H,37,42)(H,38,40)/b29-17+. The first-order chi connectivity index (χ1) is 21.2. The first-order valence-electron chi connectivity index (χ1n) is 13.8. The van der Waals surface area contributed by atoms with Crippen molar-refractivity contribution >= 4 is 58.5 Å². The van der Waals surface area contributed by atoms with Crippen molar-refractivity contribution < 1.29 is 24.2 Å². The number of carbonyl (C=O) groups is 3. The van der Waals surface area contributed by atoms with E-state index < -0.39 is 17.1 Å². The summed E-state index contributed by atoms with van der Waals surface area (Å²) in [7, 11) is 1.44. The number of aryl methyl sites for hydroxylation is 1. The number of ether oxygens (including phenoxy) is 1. The number of anilines is 2. The van der Waals surface area contributed by atoms with Gasteiger partial charge in [0.25, 0.3) is 11.8 Å². The number of benzene rings is 4. The van der Waals surface area contributed by atoms with Crippen LogP contribution in [0.1, 0.15) is 34.8 Å². The monoisotopic (exact) mass is 629 g/mol. The summed E-state index contributed by atoms with van der Waals surface area (Å²) in [6.07, 6.45) is 2.04. The lowest BCUT2D eigenvalue weighted by Crippen LogP contribution is -2.30. The Kier molecular flexibility index (Phi) is 11.1. The van der Waals surface area contributed by atoms with Gasteiger partial charge in [0.1, 0.15) is 17.2 Å². The molecule has 0 fully saturated rings. The van der Waals surface area contributed by atoms with E-state index in [-0.39, 0.29) is 17.4 Å². The van der Waals surface area contributed by atoms with Crippen LogP contribution in [0, 0.1) is 6.92 Å². The van der Waals surface area contributed by atoms with Crippen LogP contribution in [0.2, 0.25) is 5.02 Å². The van der Waals surface area contributed by atoms with Crippen molar-refractivity contribution in [2.45, 2.75) is 30.4 Å². The molecule has 8 nitrogen and oxygen atoms in total. The lowest BCUT2D eigenvalue weighted by molar-refractivity contribution is -0.116. The highest BCUT2D eigenvalue weighted by molar-refractivity contribution is 8.00. The van der Waals surface area contributed by atoms with Crippen LogP contribution in [-0.2, 0) is 9.59 Å². The van der Waals surface area contributed by atoms with E-state index in [0.717, 1.165) is 10.5 Å². The van der Waals surface area contributed by atoms with Gasteiger partial charge >= 0.3 is 0 Å². The summed E-state index contributed by atoms with van der Waals surface area (Å²) in [5.74, 6) is -0.892. The zero-order chi connectivity index (χ0) is 31.6. The fourth-order valence-electron chi connectivity index (χ4n) is 4.19. The number of phenolic OH excluding ortho intramolecular Hbond substituents is 1. The number of hydrogen-bond acceptors (Lipinski definition) is 6. The molecule has 0 radical (unpaired) electrons. The Morgan fingerprint density at radius 2 is 1.73 bits per heavy atom. The summed E-state index contributed by atoms with van der Waals surface area (Å²) in [5.41, 5.74) is 2.84. The number of methoxy groups -OCH3 is 1. The van der Waals surface area contributed by atoms with Crippen LogP contribution >= 0.6 is 23.4 Å². The number of thioether (sulfide) groups is 1. The quantitative estimate of drug-likeness (QED) is 0.102. The lowest BCUT2D eigenvalue weighted by atomic mass is 10.1. The van der Waals surface area contributed by atoms with Gasteiger partial charge in [-0.2, -0.15) is 0 Å². The predicted octanol–water partition coefficient (Wildman–Crippen LogP) is 7.28. The first kappa shape index (κ1) is 32.2. The van der Waals surface area contributed by atoms with Gasteiger partial charge in [0, 0.05) is 38.5 Å². The van der Waals surface area contributed by atoms with Crippen LogP contribution in [0.4, 0.5) is 11.4 Å². The van der Waals surface area contributed by atoms with E-state index >= 15 is 0 Å². The summed E-state index contributed by atoms with van der Waals surface area (Å²) < 4.78 is 5.36. The van der Waals surface area contributed by atoms with E-state index in [1.165, 1.54) is 37.1 Å². The summed E-state index contributed by atoms with van der Waals surface area (Å²) in [6.45, 7) is 3.83. The third-order valence-corrected chi connectivity index (χ3v) is 8.13. The molecule has 4 N–H and O–H groups in total. The van der Waals surface area contributed by atoms with E-state index in [1.807, 2.05) is 26.0 Å². The van der Waals surface area contributed by atoms with Crippen LogP contribution in [0.5, 0.6) is 11.5 Å². The molecule has 0 saturated carbocycles. The molecule has 0 bridgehead atoms. The number of halogens is 1. The molecule has 4 aromatic rings. The van der Waals surface area contributed by atoms with Gasteiger partial charge in [-0.15, -0.1) is 11.8 Å². The molecule has 4 aromatic carbocycles. The Balaban J connectivity index is 1.54. The van der Waals surface area contributed by atoms with E-state index in [0.29, 0.717) is 39.7 Å². The molecule has 4 rings (SSSR count). The number of aromatic hydroxyl groups is 1. The minimum absolute atomic E-state index is 0.00518. The number of amides is 3. The number of hydrogen-bond donors (Lipinski definition) is 4. The van der Waals surface area contributed by atoms with Gasteiger partial charge in [-0.05, 0) is 79.6 Å². The van der Waals surface area contributed by atoms with Crippen LogP contribution in [0.3, 0.4) is 0 Å². The molecule has 0 saturated heterocycles. The predicted molar refractivity (Wildman–Crippen MR) is 176 cm³/mol. The average molecular weight is 630 g/mol. The number of carbonyl (C=O) groups excluding carboxylic acids is 3. The Morgan fingerprint density at radius 1 is 0.955 bits per heavy atom. The molecule has 0 heterocycles. The second-order valence-electron chi connectivity index (χ2n) is 9.75. The Bertz CT molecular complexity index is 1690. The normalized spacial score (nSPS) is 11.8. The second kappa shape index (κ2) is 15.1. The number of phenols is 1. The van der Waals surface area contributed by atoms with Crippen LogP contribution < -0.4 is 20.7 Å². The van der Waals surface area contributed by atoms with Crippen molar-refractivity contribution in [3.05, 3.63) is 118 Å². The molecule has 226 valence electrons. The van der Waals surface area contributed by atoms with Crippen LogP contribution in [0.25, 0.3) is 6.08 Å². The average Bonchev–Trinajstić information content (AvgIpc) is 3.02. The van der Waals surface area contributed by atoms with E-state index in [9.17, 15) is 19.5 Å². The molecule has 3 amide bonds. The van der Waals surface area contributed by atoms with Crippen molar-refractivity contribution in [3.8, 4) is 11.5 Å². The van der Waals surface area contributed by atoms with Gasteiger partial charge in [0.15, 0.2) is 0 Å². The molecule has 0 spiro atoms. The van der Waals surface area contributed by atoms with Crippen molar-refractivity contribution in [1.82, 2.24) is 5.32 Å². The highest BCUT2D eigenvalue weighted by atomic mass is 35.5. The molecule has 1 unspecified atom stereocenters. The topological polar surface area (TPSA) is 117 Å². The van der Waals surface area contributed by atoms with Crippen molar-refractivity contribution in [2.24, 2.45) is 0 Å². The van der Waals surface area contributed by atoms with Crippen LogP contribution in [-0.4, -0.2) is 35.2 Å². The SMILES string of the molecule is CCC(Sc1cccc(NC(=O)/C(=C\c2ccc(O)cc2OC)NC(=O)c2ccccc2)c1)C(=O)Nc1cc(Cl)ccc1C. The molecule has 1 atom stereocenters. The van der Waals surface area contributed by atoms with Gasteiger partial charge < -0.3 is 25.8 Å². The molecule has 0 aromatic heterocycles. The number of nitrogens with one attached hydrogen (secondary N) is 3. The Hall–Kier alpha value is -4.73. The van der Waals surface area contributed by atoms with Crippen molar-refractivity contribution in [3.63, 3.8) is 0 Å². The van der Waals surface area contributed by atoms with Crippen molar-refractivity contribution in [2.75, 3.05) is 17.7 Å². The fraction of sp³-hybridized carbons (Fsp3) is 0.147. The molecular formula is C34H32ClN3O5S. The third-order valence-electron chi connectivity index (χ3n) is 6.54. The van der Waals surface area contributed by atoms with Gasteiger partial charge in [-0.25, -0.2) is 0 Å². The van der Waals surface area contributed by atoms with Gasteiger partial charge in [-0.3, -0.25) is 14.4 Å². The maximum Gasteiger partial charge on any atom is 0.272 e. The Morgan fingerprint density at radius 3 is 2.45 bits per heavy atom. The second-order valence-corrected chi connectivity index (χ2v) is 11.5. The third kappa shape index (κ3) is 8.65. The largest absolute Gasteiger partial charge is 0.508 e. The molecule has 44 heavy (non-hydrogen) atoms. The molecule has 0 aliphatic heterocycles. The fourth-order valence-corrected chi connectivity index (χ4v) is 5.38. The molecular weight excluding hydrogens is 598 g/mol. The van der Waals surface area contributed by atoms with Crippen molar-refractivity contribution in [1.29, 1.82) is 0 Å². The Labute approximate surface area is 265 Å². The zero-order valence-electron chi connectivity index (χ0n) is 24.4. The highest BCUT2D eigenvalue weighted by Gasteiger charge is 2.20. The molecule has 0 aliphatic carbocycles. The van der Waals surface area contributed by atoms with Gasteiger partial charge in [0.05, 0.1) is 12.4 Å². The molecule has 0 aliphatic rings. The zero-order valence-corrected chi connectivity index (χ0v) is 26.0. The van der Waals surface area contributed by atoms with E-state index in [1.54, 1.807) is 66.7 Å². The van der Waals surface area contributed by atoms with E-state index in [4.69, 9.17) is 16.3 Å². The summed E-state index contributed by atoms with van der Waals surface area (Å²) in [5, 5.41) is 18.5. The summed E-state index contributed by atoms with van der Waals surface area (Å²) in [4.78, 5) is 40.4. The minimum atomic E-state index is -0.576. The summed E-state index contributed by atoms with van der Waals surface area (Å²) >= 11 is 7.49. The number of rotatable bonds is 11. The molecule has 10 heteroatoms. The summed E-state index contributed by atoms with van der Waals surface area (Å²) in [6, 6.07) is 25.4. The first-order valence-corrected chi connectivity index (χ1v) is 15.0. The minimum Gasteiger partial charge on any atom is -0.508 e. The lowest BCUT2D eigenvalue weighted by Gasteiger charge is -2.17. The van der Waals surface area contributed by atoms with Crippen LogP contribution in [0.15, 0.2) is 102 Å². The maximum absolute atomic E-state index is 13.5. The van der Waals surface area contributed by atoms with Gasteiger partial charge in [0.2, 0.25) is 5.91 Å². The van der Waals surface area contributed by atoms with E-state index in [2.05, 4.69) is 16.0 Å². The van der Waals surface area contributed by atoms with Gasteiger partial charge in [-0.1, -0.05) is 48.9 Å². The highest BCUT2D eigenvalue weighted by Crippen LogP contribution is 2.30. The maximum atomic E-state index is 13.5. The smallest absolute Gasteiger partial charge is 0.272 e.